The van der Waals surface area contributed by atoms with E-state index in [1.54, 1.807) is 6.20 Å². The van der Waals surface area contributed by atoms with Crippen LogP contribution in [0.2, 0.25) is 0 Å². The average Bonchev–Trinajstić information content (AvgIpc) is 2.24. The normalized spacial score (nSPS) is 17.9. The molecule has 0 amide bonds. The molecule has 3 nitrogen and oxygen atoms in total. The van der Waals surface area contributed by atoms with Gasteiger partial charge in [-0.2, -0.15) is 0 Å². The molecule has 0 atom stereocenters. The van der Waals surface area contributed by atoms with Crippen molar-refractivity contribution >= 4 is 17.4 Å². The number of rotatable bonds is 2. The first-order chi connectivity index (χ1) is 7.25. The van der Waals surface area contributed by atoms with Gasteiger partial charge in [-0.1, -0.05) is 0 Å². The van der Waals surface area contributed by atoms with Crippen LogP contribution in [-0.4, -0.2) is 23.4 Å². The molecule has 2 N–H and O–H groups in total. The fourth-order valence-corrected chi connectivity index (χ4v) is 2.76. The van der Waals surface area contributed by atoms with Gasteiger partial charge in [-0.25, -0.2) is 4.98 Å². The van der Waals surface area contributed by atoms with Crippen LogP contribution in [0.1, 0.15) is 18.4 Å². The zero-order valence-corrected chi connectivity index (χ0v) is 9.72. The third-order valence-corrected chi connectivity index (χ3v) is 3.95. The molecular weight excluding hydrogens is 208 g/mol. The van der Waals surface area contributed by atoms with Crippen LogP contribution in [0.25, 0.3) is 0 Å². The fraction of sp³-hybridized carbons (Fsp3) is 0.545. The molecule has 0 saturated carbocycles. The summed E-state index contributed by atoms with van der Waals surface area (Å²) in [7, 11) is 0. The first-order valence-electron chi connectivity index (χ1n) is 5.22. The first kappa shape index (κ1) is 10.8. The Hall–Kier alpha value is -0.740. The van der Waals surface area contributed by atoms with E-state index < -0.39 is 0 Å². The number of hydrogen-bond donors (Lipinski definition) is 1. The van der Waals surface area contributed by atoms with Crippen molar-refractivity contribution in [2.75, 3.05) is 18.9 Å². The second kappa shape index (κ2) is 4.86. The second-order valence-electron chi connectivity index (χ2n) is 3.82. The number of aromatic nitrogens is 1. The van der Waals surface area contributed by atoms with Gasteiger partial charge in [0.2, 0.25) is 0 Å². The van der Waals surface area contributed by atoms with Gasteiger partial charge in [-0.3, -0.25) is 0 Å². The maximum Gasteiger partial charge on any atom is 0.0993 e. The molecule has 1 aliphatic heterocycles. The molecule has 1 aromatic heterocycles. The van der Waals surface area contributed by atoms with E-state index in [0.29, 0.717) is 5.25 Å². The maximum atomic E-state index is 5.67. The minimum Gasteiger partial charge on any atom is -0.397 e. The number of hydrogen-bond acceptors (Lipinski definition) is 4. The summed E-state index contributed by atoms with van der Waals surface area (Å²) in [6, 6.07) is 1.98. The van der Waals surface area contributed by atoms with Crippen molar-refractivity contribution < 1.29 is 4.74 Å². The smallest absolute Gasteiger partial charge is 0.0993 e. The van der Waals surface area contributed by atoms with Crippen molar-refractivity contribution in [1.29, 1.82) is 0 Å². The number of aryl methyl sites for hydroxylation is 1. The summed E-state index contributed by atoms with van der Waals surface area (Å²) in [4.78, 5) is 4.37. The van der Waals surface area contributed by atoms with Crippen LogP contribution < -0.4 is 5.73 Å². The molecular formula is C11H16N2OS. The molecule has 0 radical (unpaired) electrons. The van der Waals surface area contributed by atoms with Gasteiger partial charge in [0, 0.05) is 18.5 Å². The third-order valence-electron chi connectivity index (χ3n) is 2.50. The molecule has 1 aromatic rings. The first-order valence-corrected chi connectivity index (χ1v) is 6.10. The monoisotopic (exact) mass is 224 g/mol. The van der Waals surface area contributed by atoms with Gasteiger partial charge < -0.3 is 10.5 Å². The topological polar surface area (TPSA) is 48.1 Å². The third kappa shape index (κ3) is 2.86. The number of nitrogens with zero attached hydrogens (tertiary/aromatic N) is 1. The lowest BCUT2D eigenvalue weighted by Gasteiger charge is -2.21. The number of pyridine rings is 1. The van der Waals surface area contributed by atoms with Crippen LogP contribution in [0.15, 0.2) is 17.3 Å². The van der Waals surface area contributed by atoms with Crippen LogP contribution in [0.3, 0.4) is 0 Å². The van der Waals surface area contributed by atoms with Gasteiger partial charge in [0.25, 0.3) is 0 Å². The minimum atomic E-state index is 0.647. The highest BCUT2D eigenvalue weighted by Gasteiger charge is 2.16. The van der Waals surface area contributed by atoms with E-state index in [1.165, 1.54) is 5.56 Å². The van der Waals surface area contributed by atoms with Crippen molar-refractivity contribution in [1.82, 2.24) is 4.98 Å². The quantitative estimate of drug-likeness (QED) is 0.837. The van der Waals surface area contributed by atoms with Crippen molar-refractivity contribution in [2.45, 2.75) is 30.0 Å². The molecule has 2 rings (SSSR count). The Labute approximate surface area is 94.4 Å². The lowest BCUT2D eigenvalue weighted by Crippen LogP contribution is -2.17. The van der Waals surface area contributed by atoms with Gasteiger partial charge in [0.15, 0.2) is 0 Å². The summed E-state index contributed by atoms with van der Waals surface area (Å²) in [6.45, 7) is 3.82. The van der Waals surface area contributed by atoms with E-state index in [2.05, 4.69) is 11.9 Å². The highest BCUT2D eigenvalue weighted by atomic mass is 32.2. The zero-order valence-electron chi connectivity index (χ0n) is 8.90. The van der Waals surface area contributed by atoms with Gasteiger partial charge in [-0.05, 0) is 31.4 Å². The Morgan fingerprint density at radius 3 is 2.87 bits per heavy atom. The maximum absolute atomic E-state index is 5.67. The predicted molar refractivity (Wildman–Crippen MR) is 63.1 cm³/mol. The fourth-order valence-electron chi connectivity index (χ4n) is 1.66. The molecule has 0 aliphatic carbocycles. The van der Waals surface area contributed by atoms with E-state index in [9.17, 15) is 0 Å². The van der Waals surface area contributed by atoms with Gasteiger partial charge in [-0.15, -0.1) is 11.8 Å². The van der Waals surface area contributed by atoms with Crippen molar-refractivity contribution in [3.63, 3.8) is 0 Å². The summed E-state index contributed by atoms with van der Waals surface area (Å²) in [5.74, 6) is 0. The van der Waals surface area contributed by atoms with Crippen LogP contribution in [0, 0.1) is 6.92 Å². The number of nitrogens with two attached hydrogens (primary N) is 1. The number of ether oxygens (including phenoxy) is 1. The summed E-state index contributed by atoms with van der Waals surface area (Å²) in [6.07, 6.45) is 3.97. The van der Waals surface area contributed by atoms with Crippen molar-refractivity contribution in [3.8, 4) is 0 Å². The highest BCUT2D eigenvalue weighted by Crippen LogP contribution is 2.30. The van der Waals surface area contributed by atoms with E-state index in [0.717, 1.165) is 36.8 Å². The Bertz CT molecular complexity index is 337. The van der Waals surface area contributed by atoms with Crippen LogP contribution >= 0.6 is 11.8 Å². The summed E-state index contributed by atoms with van der Waals surface area (Å²) in [5.41, 5.74) is 7.58. The van der Waals surface area contributed by atoms with E-state index in [4.69, 9.17) is 10.5 Å². The Balaban J connectivity index is 2.03. The van der Waals surface area contributed by atoms with Gasteiger partial charge >= 0.3 is 0 Å². The minimum absolute atomic E-state index is 0.647. The molecule has 1 fully saturated rings. The largest absolute Gasteiger partial charge is 0.397 e. The van der Waals surface area contributed by atoms with Crippen LogP contribution in [0.4, 0.5) is 5.69 Å². The molecule has 1 saturated heterocycles. The second-order valence-corrected chi connectivity index (χ2v) is 5.11. The van der Waals surface area contributed by atoms with Gasteiger partial charge in [0.05, 0.1) is 16.9 Å². The molecule has 0 spiro atoms. The SMILES string of the molecule is Cc1cc(N)cnc1SC1CCOCC1. The molecule has 15 heavy (non-hydrogen) atoms. The molecule has 0 unspecified atom stereocenters. The van der Waals surface area contributed by atoms with E-state index in [1.807, 2.05) is 17.8 Å². The molecule has 0 bridgehead atoms. The summed E-state index contributed by atoms with van der Waals surface area (Å²) >= 11 is 1.85. The lowest BCUT2D eigenvalue weighted by atomic mass is 10.2. The Morgan fingerprint density at radius 2 is 2.20 bits per heavy atom. The van der Waals surface area contributed by atoms with Crippen molar-refractivity contribution in [3.05, 3.63) is 17.8 Å². The van der Waals surface area contributed by atoms with E-state index in [-0.39, 0.29) is 0 Å². The van der Waals surface area contributed by atoms with Crippen molar-refractivity contribution in [2.24, 2.45) is 0 Å². The standard InChI is InChI=1S/C11H16N2OS/c1-8-6-9(12)7-13-11(8)15-10-2-4-14-5-3-10/h6-7,10H,2-5,12H2,1H3. The lowest BCUT2D eigenvalue weighted by molar-refractivity contribution is 0.1000. The predicted octanol–water partition coefficient (Wildman–Crippen LogP) is 2.24. The molecule has 1 aliphatic rings. The van der Waals surface area contributed by atoms with Crippen LogP contribution in [-0.2, 0) is 4.74 Å². The highest BCUT2D eigenvalue weighted by molar-refractivity contribution is 7.99. The summed E-state index contributed by atoms with van der Waals surface area (Å²) < 4.78 is 5.33. The number of anilines is 1. The molecule has 0 aromatic carbocycles. The summed E-state index contributed by atoms with van der Waals surface area (Å²) in [5, 5.41) is 1.75. The molecule has 82 valence electrons. The number of thioether (sulfide) groups is 1. The number of nitrogen functional groups attached to an aromatic ring is 1. The van der Waals surface area contributed by atoms with E-state index >= 15 is 0 Å². The van der Waals surface area contributed by atoms with Gasteiger partial charge in [0.1, 0.15) is 0 Å². The average molecular weight is 224 g/mol. The van der Waals surface area contributed by atoms with Crippen LogP contribution in [0.5, 0.6) is 0 Å². The molecule has 2 heterocycles. The Morgan fingerprint density at radius 1 is 1.47 bits per heavy atom. The Kier molecular flexibility index (Phi) is 3.49. The zero-order chi connectivity index (χ0) is 10.7. The molecule has 4 heteroatoms.